The number of rotatable bonds is 4. The minimum absolute atomic E-state index is 0.204. The maximum Gasteiger partial charge on any atom is 0.335 e. The van der Waals surface area contributed by atoms with E-state index in [4.69, 9.17) is 0 Å². The molecule has 6 nitrogen and oxygen atoms in total. The lowest BCUT2D eigenvalue weighted by Crippen LogP contribution is -2.19. The zero-order chi connectivity index (χ0) is 21.3. The Hall–Kier alpha value is -3.58. The van der Waals surface area contributed by atoms with Crippen molar-refractivity contribution >= 4 is 40.6 Å². The minimum Gasteiger partial charge on any atom is -0.478 e. The van der Waals surface area contributed by atoms with E-state index in [2.05, 4.69) is 16.4 Å². The molecule has 0 saturated carbocycles. The Bertz CT molecular complexity index is 1200. The van der Waals surface area contributed by atoms with Gasteiger partial charge >= 0.3 is 5.97 Å². The van der Waals surface area contributed by atoms with Gasteiger partial charge in [-0.05, 0) is 85.3 Å². The highest BCUT2D eigenvalue weighted by Gasteiger charge is 2.24. The van der Waals surface area contributed by atoms with E-state index in [0.29, 0.717) is 15.8 Å². The first-order chi connectivity index (χ1) is 14.4. The molecule has 2 aromatic carbocycles. The number of carboxylic acid groups (broad SMARTS) is 1. The van der Waals surface area contributed by atoms with Crippen molar-refractivity contribution in [3.63, 3.8) is 0 Å². The van der Waals surface area contributed by atoms with Gasteiger partial charge in [0.15, 0.2) is 5.17 Å². The summed E-state index contributed by atoms with van der Waals surface area (Å²) in [6.45, 7) is 4.02. The summed E-state index contributed by atoms with van der Waals surface area (Å²) in [6.07, 6.45) is 3.60. The van der Waals surface area contributed by atoms with Crippen molar-refractivity contribution in [2.75, 3.05) is 0 Å². The zero-order valence-corrected chi connectivity index (χ0v) is 17.2. The Balaban J connectivity index is 1.63. The normalized spacial score (nSPS) is 16.3. The molecule has 1 aromatic heterocycles. The summed E-state index contributed by atoms with van der Waals surface area (Å²) in [5, 5.41) is 12.6. The van der Waals surface area contributed by atoms with E-state index in [1.54, 1.807) is 24.3 Å². The first-order valence-electron chi connectivity index (χ1n) is 9.28. The van der Waals surface area contributed by atoms with Crippen LogP contribution in [0.15, 0.2) is 70.7 Å². The van der Waals surface area contributed by atoms with Crippen LogP contribution in [0.3, 0.4) is 0 Å². The van der Waals surface area contributed by atoms with Crippen molar-refractivity contribution in [1.29, 1.82) is 0 Å². The van der Waals surface area contributed by atoms with Crippen LogP contribution < -0.4 is 5.32 Å². The number of carbonyl (C=O) groups is 2. The summed E-state index contributed by atoms with van der Waals surface area (Å²) in [5.74, 6) is -1.20. The predicted molar refractivity (Wildman–Crippen MR) is 119 cm³/mol. The van der Waals surface area contributed by atoms with E-state index < -0.39 is 5.97 Å². The van der Waals surface area contributed by atoms with Crippen LogP contribution in [-0.4, -0.2) is 26.7 Å². The number of carbonyl (C=O) groups excluding carboxylic acids is 1. The molecule has 1 aliphatic rings. The summed E-state index contributed by atoms with van der Waals surface area (Å²) < 4.78 is 1.84. The SMILES string of the molecule is Cc1cc(C)cc(N=C2NC(=O)/C(=C/c3cccn3-c3cccc(C(=O)O)c3)S2)c1. The number of aryl methyl sites for hydroxylation is 2. The van der Waals surface area contributed by atoms with Crippen molar-refractivity contribution in [2.24, 2.45) is 4.99 Å². The van der Waals surface area contributed by atoms with Gasteiger partial charge in [-0.2, -0.15) is 0 Å². The summed E-state index contributed by atoms with van der Waals surface area (Å²) in [6, 6.07) is 16.4. The molecule has 2 heterocycles. The topological polar surface area (TPSA) is 83.7 Å². The smallest absolute Gasteiger partial charge is 0.335 e. The molecule has 0 aliphatic carbocycles. The Labute approximate surface area is 178 Å². The van der Waals surface area contributed by atoms with Crippen LogP contribution in [0, 0.1) is 13.8 Å². The van der Waals surface area contributed by atoms with Crippen molar-refractivity contribution in [3.8, 4) is 5.69 Å². The van der Waals surface area contributed by atoms with E-state index >= 15 is 0 Å². The molecule has 1 aliphatic heterocycles. The molecule has 4 rings (SSSR count). The summed E-state index contributed by atoms with van der Waals surface area (Å²) >= 11 is 1.28. The average Bonchev–Trinajstić information content (AvgIpc) is 3.28. The molecule has 1 fully saturated rings. The van der Waals surface area contributed by atoms with Gasteiger partial charge in [-0.25, -0.2) is 9.79 Å². The van der Waals surface area contributed by atoms with Gasteiger partial charge in [0.1, 0.15) is 0 Å². The number of nitrogens with zero attached hydrogens (tertiary/aromatic N) is 2. The van der Waals surface area contributed by atoms with Crippen LogP contribution in [0.1, 0.15) is 27.2 Å². The van der Waals surface area contributed by atoms with E-state index in [0.717, 1.165) is 22.5 Å². The molecular weight excluding hydrogens is 398 g/mol. The van der Waals surface area contributed by atoms with Gasteiger partial charge < -0.3 is 15.0 Å². The molecule has 1 amide bonds. The van der Waals surface area contributed by atoms with E-state index in [9.17, 15) is 14.7 Å². The number of aromatic carboxylic acids is 1. The number of hydrogen-bond donors (Lipinski definition) is 2. The van der Waals surface area contributed by atoms with Crippen LogP contribution in [0.4, 0.5) is 5.69 Å². The average molecular weight is 417 g/mol. The van der Waals surface area contributed by atoms with Crippen LogP contribution >= 0.6 is 11.8 Å². The molecule has 0 unspecified atom stereocenters. The Morgan fingerprint density at radius 2 is 1.87 bits per heavy atom. The number of benzene rings is 2. The number of nitrogens with one attached hydrogen (secondary N) is 1. The molecular formula is C23H19N3O3S. The highest BCUT2D eigenvalue weighted by molar-refractivity contribution is 8.18. The highest BCUT2D eigenvalue weighted by Crippen LogP contribution is 2.29. The Morgan fingerprint density at radius 1 is 1.10 bits per heavy atom. The number of aliphatic imine (C=N–C) groups is 1. The highest BCUT2D eigenvalue weighted by atomic mass is 32.2. The summed E-state index contributed by atoms with van der Waals surface area (Å²) in [7, 11) is 0. The first-order valence-corrected chi connectivity index (χ1v) is 10.1. The molecule has 0 radical (unpaired) electrons. The van der Waals surface area contributed by atoms with Gasteiger partial charge in [0.2, 0.25) is 0 Å². The van der Waals surface area contributed by atoms with Gasteiger partial charge in [0.05, 0.1) is 16.2 Å². The van der Waals surface area contributed by atoms with Crippen LogP contribution in [-0.2, 0) is 4.79 Å². The van der Waals surface area contributed by atoms with Gasteiger partial charge in [-0.3, -0.25) is 4.79 Å². The standard InChI is InChI=1S/C23H19N3O3S/c1-14-9-15(2)11-17(10-14)24-23-25-21(27)20(30-23)13-19-7-4-8-26(19)18-6-3-5-16(12-18)22(28)29/h3-13H,1-2H3,(H,28,29)(H,24,25,27)/b20-13-. The van der Waals surface area contributed by atoms with Crippen molar-refractivity contribution in [3.05, 3.63) is 88.1 Å². The third kappa shape index (κ3) is 4.21. The molecule has 30 heavy (non-hydrogen) atoms. The number of thioether (sulfide) groups is 1. The van der Waals surface area contributed by atoms with Gasteiger partial charge in [-0.15, -0.1) is 0 Å². The number of carboxylic acids is 1. The molecule has 0 spiro atoms. The van der Waals surface area contributed by atoms with Gasteiger partial charge in [0.25, 0.3) is 5.91 Å². The largest absolute Gasteiger partial charge is 0.478 e. The zero-order valence-electron chi connectivity index (χ0n) is 16.4. The van der Waals surface area contributed by atoms with Crippen molar-refractivity contribution in [1.82, 2.24) is 9.88 Å². The Kier molecular flexibility index (Phi) is 5.29. The molecule has 3 aromatic rings. The summed E-state index contributed by atoms with van der Waals surface area (Å²) in [5.41, 5.74) is 4.70. The van der Waals surface area contributed by atoms with E-state index in [-0.39, 0.29) is 11.5 Å². The lowest BCUT2D eigenvalue weighted by atomic mass is 10.1. The van der Waals surface area contributed by atoms with Crippen molar-refractivity contribution in [2.45, 2.75) is 13.8 Å². The number of aromatic nitrogens is 1. The number of hydrogen-bond acceptors (Lipinski definition) is 4. The fourth-order valence-corrected chi connectivity index (χ4v) is 4.11. The van der Waals surface area contributed by atoms with Gasteiger partial charge in [0, 0.05) is 17.6 Å². The van der Waals surface area contributed by atoms with Crippen molar-refractivity contribution < 1.29 is 14.7 Å². The van der Waals surface area contributed by atoms with Crippen LogP contribution in [0.5, 0.6) is 0 Å². The van der Waals surface area contributed by atoms with Crippen LogP contribution in [0.25, 0.3) is 11.8 Å². The second-order valence-electron chi connectivity index (χ2n) is 6.99. The quantitative estimate of drug-likeness (QED) is 0.604. The minimum atomic E-state index is -0.984. The monoisotopic (exact) mass is 417 g/mol. The van der Waals surface area contributed by atoms with E-state index in [1.807, 2.05) is 54.9 Å². The molecule has 150 valence electrons. The molecule has 0 bridgehead atoms. The third-order valence-corrected chi connectivity index (χ3v) is 5.43. The number of amides is 1. The Morgan fingerprint density at radius 3 is 2.60 bits per heavy atom. The second kappa shape index (κ2) is 8.04. The predicted octanol–water partition coefficient (Wildman–Crippen LogP) is 4.68. The molecule has 1 saturated heterocycles. The number of amidine groups is 1. The maximum atomic E-state index is 12.5. The van der Waals surface area contributed by atoms with Crippen LogP contribution in [0.2, 0.25) is 0 Å². The maximum absolute atomic E-state index is 12.5. The van der Waals surface area contributed by atoms with E-state index in [1.165, 1.54) is 11.8 Å². The fraction of sp³-hybridized carbons (Fsp3) is 0.0870. The molecule has 0 atom stereocenters. The second-order valence-corrected chi connectivity index (χ2v) is 8.02. The molecule has 7 heteroatoms. The summed E-state index contributed by atoms with van der Waals surface area (Å²) in [4.78, 5) is 28.8. The first kappa shape index (κ1) is 19.7. The molecule has 2 N–H and O–H groups in total. The lowest BCUT2D eigenvalue weighted by molar-refractivity contribution is -0.115. The third-order valence-electron chi connectivity index (χ3n) is 4.52. The fourth-order valence-electron chi connectivity index (χ4n) is 3.28. The van der Waals surface area contributed by atoms with Gasteiger partial charge in [-0.1, -0.05) is 12.1 Å². The lowest BCUT2D eigenvalue weighted by Gasteiger charge is -2.07.